The van der Waals surface area contributed by atoms with Crippen LogP contribution in [0.25, 0.3) is 10.9 Å². The number of aryl methyl sites for hydroxylation is 1. The van der Waals surface area contributed by atoms with E-state index in [0.29, 0.717) is 38.9 Å². The van der Waals surface area contributed by atoms with E-state index in [4.69, 9.17) is 14.6 Å². The number of hydrogen-bond donors (Lipinski definition) is 1. The van der Waals surface area contributed by atoms with Gasteiger partial charge < -0.3 is 14.6 Å². The van der Waals surface area contributed by atoms with E-state index in [2.05, 4.69) is 41.9 Å². The zero-order valence-corrected chi connectivity index (χ0v) is 19.9. The quantitative estimate of drug-likeness (QED) is 0.419. The van der Waals surface area contributed by atoms with Crippen LogP contribution in [0, 0.1) is 0 Å². The van der Waals surface area contributed by atoms with Crippen molar-refractivity contribution < 1.29 is 19.4 Å². The fourth-order valence-corrected chi connectivity index (χ4v) is 3.85. The summed E-state index contributed by atoms with van der Waals surface area (Å²) < 4.78 is 13.2. The molecule has 31 heavy (non-hydrogen) atoms. The van der Waals surface area contributed by atoms with Crippen LogP contribution in [-0.4, -0.2) is 40.7 Å². The highest BCUT2D eigenvalue weighted by atomic mass is 79.9. The maximum Gasteiger partial charge on any atom is 0.341 e. The summed E-state index contributed by atoms with van der Waals surface area (Å²) in [7, 11) is 1.45. The second-order valence-electron chi connectivity index (χ2n) is 6.52. The summed E-state index contributed by atoms with van der Waals surface area (Å²) in [4.78, 5) is 28.5. The minimum Gasteiger partial charge on any atom is -0.493 e. The van der Waals surface area contributed by atoms with Crippen molar-refractivity contribution in [2.24, 2.45) is 5.10 Å². The van der Waals surface area contributed by atoms with Gasteiger partial charge in [0.25, 0.3) is 5.56 Å². The highest BCUT2D eigenvalue weighted by Gasteiger charge is 2.14. The smallest absolute Gasteiger partial charge is 0.341 e. The number of aliphatic carboxylic acids is 1. The van der Waals surface area contributed by atoms with Gasteiger partial charge in [-0.2, -0.15) is 9.78 Å². The molecule has 0 spiro atoms. The Morgan fingerprint density at radius 3 is 2.74 bits per heavy atom. The molecule has 0 fully saturated rings. The van der Waals surface area contributed by atoms with Gasteiger partial charge in [-0.3, -0.25) is 4.79 Å². The molecule has 1 heterocycles. The Balaban J connectivity index is 2.05. The van der Waals surface area contributed by atoms with Gasteiger partial charge in [-0.15, -0.1) is 0 Å². The van der Waals surface area contributed by atoms with Crippen LogP contribution < -0.4 is 15.0 Å². The summed E-state index contributed by atoms with van der Waals surface area (Å²) in [5, 5.41) is 13.7. The number of aromatic nitrogens is 2. The van der Waals surface area contributed by atoms with Gasteiger partial charge >= 0.3 is 5.97 Å². The van der Waals surface area contributed by atoms with Crippen molar-refractivity contribution in [3.8, 4) is 11.5 Å². The summed E-state index contributed by atoms with van der Waals surface area (Å²) in [6.45, 7) is 1.50. The number of carboxylic acid groups (broad SMARTS) is 1. The number of methoxy groups -OCH3 is 1. The first kappa shape index (κ1) is 23.0. The summed E-state index contributed by atoms with van der Waals surface area (Å²) in [6.07, 6.45) is 2.91. The molecule has 3 aromatic rings. The van der Waals surface area contributed by atoms with Crippen LogP contribution in [-0.2, 0) is 11.2 Å². The van der Waals surface area contributed by atoms with E-state index in [-0.39, 0.29) is 11.3 Å². The van der Waals surface area contributed by atoms with E-state index in [9.17, 15) is 9.59 Å². The molecule has 0 saturated carbocycles. The third kappa shape index (κ3) is 5.31. The Morgan fingerprint density at radius 2 is 2.06 bits per heavy atom. The minimum atomic E-state index is -1.10. The lowest BCUT2D eigenvalue weighted by atomic mass is 10.2. The lowest BCUT2D eigenvalue weighted by molar-refractivity contribution is -0.139. The number of ether oxygens (including phenoxy) is 2. The molecule has 8 nitrogen and oxygen atoms in total. The number of halogens is 2. The monoisotopic (exact) mass is 551 g/mol. The highest BCUT2D eigenvalue weighted by molar-refractivity contribution is 9.10. The molecule has 0 unspecified atom stereocenters. The van der Waals surface area contributed by atoms with Gasteiger partial charge in [-0.1, -0.05) is 22.9 Å². The molecule has 2 aromatic carbocycles. The Bertz CT molecular complexity index is 1220. The average molecular weight is 553 g/mol. The SMILES string of the molecule is CCCc1nc2ccc(Br)cc2c(=O)n1N=Cc1cc(Br)c(OCC(=O)O)c(OC)c1. The molecule has 0 amide bonds. The van der Waals surface area contributed by atoms with E-state index in [0.717, 1.165) is 10.9 Å². The van der Waals surface area contributed by atoms with Gasteiger partial charge in [0.2, 0.25) is 0 Å². The molecule has 162 valence electrons. The van der Waals surface area contributed by atoms with Crippen LogP contribution in [0.15, 0.2) is 49.2 Å². The maximum absolute atomic E-state index is 13.1. The van der Waals surface area contributed by atoms with Crippen LogP contribution >= 0.6 is 31.9 Å². The Kier molecular flexibility index (Phi) is 7.45. The first-order chi connectivity index (χ1) is 14.8. The predicted molar refractivity (Wildman–Crippen MR) is 125 cm³/mol. The Labute approximate surface area is 194 Å². The van der Waals surface area contributed by atoms with E-state index >= 15 is 0 Å². The standard InChI is InChI=1S/C21H19Br2N3O5/c1-3-4-18-25-16-6-5-13(22)9-14(16)21(29)26(18)24-10-12-7-15(23)20(17(8-12)30-2)31-11-19(27)28/h5-10H,3-4,11H2,1-2H3,(H,27,28). The van der Waals surface area contributed by atoms with Gasteiger partial charge in [-0.05, 0) is 58.2 Å². The van der Waals surface area contributed by atoms with Crippen molar-refractivity contribution in [1.29, 1.82) is 0 Å². The van der Waals surface area contributed by atoms with Crippen LogP contribution in [0.1, 0.15) is 24.7 Å². The Morgan fingerprint density at radius 1 is 1.29 bits per heavy atom. The minimum absolute atomic E-state index is 0.265. The third-order valence-corrected chi connectivity index (χ3v) is 5.35. The molecule has 0 saturated heterocycles. The van der Waals surface area contributed by atoms with Crippen molar-refractivity contribution in [3.63, 3.8) is 0 Å². The molecule has 10 heteroatoms. The van der Waals surface area contributed by atoms with Gasteiger partial charge in [0, 0.05) is 10.9 Å². The molecule has 1 aromatic heterocycles. The summed E-state index contributed by atoms with van der Waals surface area (Å²) in [5.74, 6) is 0.0609. The van der Waals surface area contributed by atoms with E-state index in [1.54, 1.807) is 24.3 Å². The van der Waals surface area contributed by atoms with E-state index < -0.39 is 12.6 Å². The topological polar surface area (TPSA) is 103 Å². The fraction of sp³-hybridized carbons (Fsp3) is 0.238. The van der Waals surface area contributed by atoms with Crippen LogP contribution in [0.4, 0.5) is 0 Å². The number of fused-ring (bicyclic) bond motifs is 1. The first-order valence-corrected chi connectivity index (χ1v) is 10.9. The van der Waals surface area contributed by atoms with Crippen molar-refractivity contribution in [2.75, 3.05) is 13.7 Å². The molecule has 0 radical (unpaired) electrons. The number of carboxylic acids is 1. The zero-order valence-electron chi connectivity index (χ0n) is 16.8. The number of carbonyl (C=O) groups is 1. The molecule has 0 aliphatic heterocycles. The van der Waals surface area contributed by atoms with Crippen LogP contribution in [0.3, 0.4) is 0 Å². The van der Waals surface area contributed by atoms with Gasteiger partial charge in [0.15, 0.2) is 18.1 Å². The number of rotatable bonds is 8. The molecular formula is C21H19Br2N3O5. The third-order valence-electron chi connectivity index (χ3n) is 4.26. The number of nitrogens with zero attached hydrogens (tertiary/aromatic N) is 3. The fourth-order valence-electron chi connectivity index (χ4n) is 2.91. The van der Waals surface area contributed by atoms with E-state index in [1.165, 1.54) is 18.0 Å². The molecule has 0 atom stereocenters. The van der Waals surface area contributed by atoms with Crippen molar-refractivity contribution >= 4 is 54.9 Å². The van der Waals surface area contributed by atoms with Crippen molar-refractivity contribution in [2.45, 2.75) is 19.8 Å². The average Bonchev–Trinajstić information content (AvgIpc) is 2.73. The van der Waals surface area contributed by atoms with Crippen LogP contribution in [0.2, 0.25) is 0 Å². The normalized spacial score (nSPS) is 11.2. The molecule has 0 aliphatic carbocycles. The first-order valence-electron chi connectivity index (χ1n) is 9.31. The van der Waals surface area contributed by atoms with Gasteiger partial charge in [0.05, 0.1) is 28.7 Å². The predicted octanol–water partition coefficient (Wildman–Crippen LogP) is 4.23. The molecular weight excluding hydrogens is 534 g/mol. The second-order valence-corrected chi connectivity index (χ2v) is 8.29. The highest BCUT2D eigenvalue weighted by Crippen LogP contribution is 2.36. The second kappa shape index (κ2) is 10.1. The zero-order chi connectivity index (χ0) is 22.5. The van der Waals surface area contributed by atoms with Gasteiger partial charge in [0.1, 0.15) is 5.82 Å². The number of hydrogen-bond acceptors (Lipinski definition) is 6. The van der Waals surface area contributed by atoms with Crippen molar-refractivity contribution in [3.05, 3.63) is 61.0 Å². The van der Waals surface area contributed by atoms with Gasteiger partial charge in [-0.25, -0.2) is 9.78 Å². The van der Waals surface area contributed by atoms with E-state index in [1.807, 2.05) is 13.0 Å². The molecule has 1 N–H and O–H groups in total. The number of benzene rings is 2. The molecule has 3 rings (SSSR count). The molecule has 0 aliphatic rings. The Hall–Kier alpha value is -2.72. The van der Waals surface area contributed by atoms with Crippen LogP contribution in [0.5, 0.6) is 11.5 Å². The molecule has 0 bridgehead atoms. The maximum atomic E-state index is 13.1. The van der Waals surface area contributed by atoms with Crippen molar-refractivity contribution in [1.82, 2.24) is 9.66 Å². The lowest BCUT2D eigenvalue weighted by Crippen LogP contribution is -2.22. The summed E-state index contributed by atoms with van der Waals surface area (Å²) in [5.41, 5.74) is 0.973. The summed E-state index contributed by atoms with van der Waals surface area (Å²) >= 11 is 6.75. The lowest BCUT2D eigenvalue weighted by Gasteiger charge is -2.12. The summed E-state index contributed by atoms with van der Waals surface area (Å²) in [6, 6.07) is 8.70. The largest absolute Gasteiger partial charge is 0.493 e.